The molecule has 0 radical (unpaired) electrons. The summed E-state index contributed by atoms with van der Waals surface area (Å²) in [5.74, 6) is -1.07. The highest BCUT2D eigenvalue weighted by Gasteiger charge is 2.26. The van der Waals surface area contributed by atoms with E-state index in [1.165, 1.54) is 0 Å². The highest BCUT2D eigenvalue weighted by molar-refractivity contribution is 9.11. The van der Waals surface area contributed by atoms with Gasteiger partial charge in [-0.05, 0) is 27.2 Å². The molecular formula is C13H21BrN2O4. The van der Waals surface area contributed by atoms with Crippen molar-refractivity contribution in [2.45, 2.75) is 38.8 Å². The molecule has 0 spiro atoms. The van der Waals surface area contributed by atoms with Crippen LogP contribution in [0, 0.1) is 0 Å². The van der Waals surface area contributed by atoms with Crippen molar-refractivity contribution in [3.05, 3.63) is 10.6 Å². The third kappa shape index (κ3) is 6.38. The molecule has 0 aromatic rings. The van der Waals surface area contributed by atoms with Crippen molar-refractivity contribution in [1.29, 1.82) is 0 Å². The van der Waals surface area contributed by atoms with Gasteiger partial charge >= 0.3 is 12.1 Å². The van der Waals surface area contributed by atoms with Gasteiger partial charge in [0.05, 0.1) is 0 Å². The van der Waals surface area contributed by atoms with Crippen molar-refractivity contribution in [2.75, 3.05) is 19.6 Å². The molecule has 7 heteroatoms. The van der Waals surface area contributed by atoms with Crippen LogP contribution in [-0.4, -0.2) is 53.3 Å². The van der Waals surface area contributed by atoms with Gasteiger partial charge in [-0.1, -0.05) is 22.0 Å². The van der Waals surface area contributed by atoms with Crippen molar-refractivity contribution in [3.8, 4) is 0 Å². The molecule has 20 heavy (non-hydrogen) atoms. The second kappa shape index (κ2) is 7.08. The molecule has 114 valence electrons. The molecule has 1 amide bonds. The molecule has 1 atom stereocenters. The summed E-state index contributed by atoms with van der Waals surface area (Å²) >= 11 is 3.41. The van der Waals surface area contributed by atoms with E-state index in [0.29, 0.717) is 6.54 Å². The van der Waals surface area contributed by atoms with Crippen LogP contribution >= 0.6 is 15.9 Å². The van der Waals surface area contributed by atoms with Gasteiger partial charge in [-0.2, -0.15) is 0 Å². The maximum Gasteiger partial charge on any atom is 0.408 e. The molecule has 0 aromatic heterocycles. The normalized spacial score (nSPS) is 18.1. The third-order valence-electron chi connectivity index (χ3n) is 2.62. The van der Waals surface area contributed by atoms with Crippen molar-refractivity contribution in [1.82, 2.24) is 10.2 Å². The Labute approximate surface area is 127 Å². The van der Waals surface area contributed by atoms with E-state index in [4.69, 9.17) is 4.74 Å². The zero-order valence-corrected chi connectivity index (χ0v) is 13.6. The van der Waals surface area contributed by atoms with Gasteiger partial charge in [-0.25, -0.2) is 9.59 Å². The number of carbonyl (C=O) groups excluding carboxylic acids is 1. The minimum Gasteiger partial charge on any atom is -0.480 e. The zero-order chi connectivity index (χ0) is 15.3. The lowest BCUT2D eigenvalue weighted by Gasteiger charge is -2.28. The minimum absolute atomic E-state index is 0.248. The van der Waals surface area contributed by atoms with Crippen molar-refractivity contribution < 1.29 is 19.4 Å². The van der Waals surface area contributed by atoms with E-state index in [0.717, 1.165) is 17.4 Å². The van der Waals surface area contributed by atoms with Crippen LogP contribution in [0.4, 0.5) is 4.79 Å². The quantitative estimate of drug-likeness (QED) is 0.811. The number of ether oxygens (including phenoxy) is 1. The second-order valence-corrected chi connectivity index (χ2v) is 6.73. The van der Waals surface area contributed by atoms with E-state index in [1.54, 1.807) is 20.8 Å². The lowest BCUT2D eigenvalue weighted by molar-refractivity contribution is -0.140. The molecule has 6 nitrogen and oxygen atoms in total. The number of carbonyl (C=O) groups is 2. The van der Waals surface area contributed by atoms with Gasteiger partial charge in [0, 0.05) is 24.1 Å². The monoisotopic (exact) mass is 348 g/mol. The standard InChI is InChI=1S/C13H21BrN2O4/c1-13(2,3)20-12(19)15-10(11(17)18)8-16-6-4-5-9(14)7-16/h5,10H,4,6-8H2,1-3H3,(H,15,19)(H,17,18). The molecule has 0 saturated heterocycles. The van der Waals surface area contributed by atoms with Crippen molar-refractivity contribution in [2.24, 2.45) is 0 Å². The Hall–Kier alpha value is -1.08. The fourth-order valence-corrected chi connectivity index (χ4v) is 2.39. The van der Waals surface area contributed by atoms with E-state index in [-0.39, 0.29) is 6.54 Å². The molecule has 1 unspecified atom stereocenters. The first-order valence-electron chi connectivity index (χ1n) is 6.46. The topological polar surface area (TPSA) is 78.9 Å². The number of rotatable bonds is 4. The Morgan fingerprint density at radius 2 is 2.20 bits per heavy atom. The van der Waals surface area contributed by atoms with Crippen LogP contribution in [0.5, 0.6) is 0 Å². The summed E-state index contributed by atoms with van der Waals surface area (Å²) in [6, 6.07) is -0.983. The fraction of sp³-hybridized carbons (Fsp3) is 0.692. The van der Waals surface area contributed by atoms with E-state index in [1.807, 2.05) is 4.90 Å². The molecule has 1 rings (SSSR count). The summed E-state index contributed by atoms with van der Waals surface area (Å²) in [6.45, 7) is 6.87. The predicted molar refractivity (Wildman–Crippen MR) is 78.9 cm³/mol. The first kappa shape index (κ1) is 17.0. The van der Waals surface area contributed by atoms with E-state index < -0.39 is 23.7 Å². The SMILES string of the molecule is CC(C)(C)OC(=O)NC(CN1CCC=C(Br)C1)C(=O)O. The van der Waals surface area contributed by atoms with E-state index in [9.17, 15) is 14.7 Å². The van der Waals surface area contributed by atoms with Crippen molar-refractivity contribution >= 4 is 28.0 Å². The summed E-state index contributed by atoms with van der Waals surface area (Å²) in [5, 5.41) is 11.6. The first-order chi connectivity index (χ1) is 9.17. The van der Waals surface area contributed by atoms with Gasteiger partial charge in [0.2, 0.25) is 0 Å². The highest BCUT2D eigenvalue weighted by Crippen LogP contribution is 2.15. The highest BCUT2D eigenvalue weighted by atomic mass is 79.9. The van der Waals surface area contributed by atoms with Gasteiger partial charge in [-0.15, -0.1) is 0 Å². The zero-order valence-electron chi connectivity index (χ0n) is 12.0. The molecule has 1 aliphatic heterocycles. The number of hydrogen-bond acceptors (Lipinski definition) is 4. The largest absolute Gasteiger partial charge is 0.480 e. The Bertz CT molecular complexity index is 404. The number of aliphatic carboxylic acids is 1. The lowest BCUT2D eigenvalue weighted by Crippen LogP contribution is -2.50. The summed E-state index contributed by atoms with van der Waals surface area (Å²) in [5.41, 5.74) is -0.649. The Morgan fingerprint density at radius 1 is 1.55 bits per heavy atom. The number of nitrogens with one attached hydrogen (secondary N) is 1. The van der Waals surface area contributed by atoms with E-state index in [2.05, 4.69) is 27.3 Å². The smallest absolute Gasteiger partial charge is 0.408 e. The number of carboxylic acids is 1. The van der Waals surface area contributed by atoms with Crippen LogP contribution in [0.15, 0.2) is 10.6 Å². The summed E-state index contributed by atoms with van der Waals surface area (Å²) in [7, 11) is 0. The maximum atomic E-state index is 11.6. The van der Waals surface area contributed by atoms with Gasteiger partial charge in [-0.3, -0.25) is 4.90 Å². The number of carboxylic acid groups (broad SMARTS) is 1. The number of alkyl carbamates (subject to hydrolysis) is 1. The van der Waals surface area contributed by atoms with Crippen LogP contribution in [0.1, 0.15) is 27.2 Å². The van der Waals surface area contributed by atoms with Crippen LogP contribution in [-0.2, 0) is 9.53 Å². The molecule has 2 N–H and O–H groups in total. The first-order valence-corrected chi connectivity index (χ1v) is 7.26. The van der Waals surface area contributed by atoms with Crippen LogP contribution in [0.2, 0.25) is 0 Å². The Balaban J connectivity index is 2.55. The molecule has 0 fully saturated rings. The third-order valence-corrected chi connectivity index (χ3v) is 3.19. The molecule has 0 saturated carbocycles. The number of hydrogen-bond donors (Lipinski definition) is 2. The fourth-order valence-electron chi connectivity index (χ4n) is 1.81. The molecule has 0 aliphatic carbocycles. The summed E-state index contributed by atoms with van der Waals surface area (Å²) in [4.78, 5) is 24.8. The molecule has 1 aliphatic rings. The van der Waals surface area contributed by atoms with Crippen LogP contribution < -0.4 is 5.32 Å². The molecule has 1 heterocycles. The number of nitrogens with zero attached hydrogens (tertiary/aromatic N) is 1. The average Bonchev–Trinajstić information content (AvgIpc) is 2.25. The molecule has 0 aromatic carbocycles. The summed E-state index contributed by atoms with van der Waals surface area (Å²) in [6.07, 6.45) is 2.21. The minimum atomic E-state index is -1.07. The number of halogens is 1. The second-order valence-electron chi connectivity index (χ2n) is 5.71. The van der Waals surface area contributed by atoms with Gasteiger partial charge < -0.3 is 15.2 Å². The van der Waals surface area contributed by atoms with Gasteiger partial charge in [0.1, 0.15) is 11.6 Å². The predicted octanol–water partition coefficient (Wildman–Crippen LogP) is 1.95. The van der Waals surface area contributed by atoms with Crippen LogP contribution in [0.3, 0.4) is 0 Å². The average molecular weight is 349 g/mol. The molecular weight excluding hydrogens is 328 g/mol. The van der Waals surface area contributed by atoms with Gasteiger partial charge in [0.25, 0.3) is 0 Å². The molecule has 0 bridgehead atoms. The lowest BCUT2D eigenvalue weighted by atomic mass is 10.2. The Morgan fingerprint density at radius 3 is 2.70 bits per heavy atom. The van der Waals surface area contributed by atoms with Crippen LogP contribution in [0.25, 0.3) is 0 Å². The Kier molecular flexibility index (Phi) is 6.01. The van der Waals surface area contributed by atoms with Gasteiger partial charge in [0.15, 0.2) is 0 Å². The number of amides is 1. The maximum absolute atomic E-state index is 11.6. The summed E-state index contributed by atoms with van der Waals surface area (Å²) < 4.78 is 6.11. The van der Waals surface area contributed by atoms with E-state index >= 15 is 0 Å². The van der Waals surface area contributed by atoms with Crippen molar-refractivity contribution in [3.63, 3.8) is 0 Å².